The van der Waals surface area contributed by atoms with E-state index in [1.165, 1.54) is 0 Å². The van der Waals surface area contributed by atoms with E-state index in [2.05, 4.69) is 31.9 Å². The first kappa shape index (κ1) is 18.7. The van der Waals surface area contributed by atoms with Crippen LogP contribution in [0.5, 0.6) is 0 Å². The largest absolute Gasteiger partial charge is 0.355 e. The molecule has 0 bridgehead atoms. The van der Waals surface area contributed by atoms with Crippen LogP contribution >= 0.6 is 0 Å². The maximum absolute atomic E-state index is 12.7. The van der Waals surface area contributed by atoms with E-state index >= 15 is 0 Å². The molecule has 7 nitrogen and oxygen atoms in total. The van der Waals surface area contributed by atoms with E-state index in [0.717, 1.165) is 70.2 Å². The molecule has 0 N–H and O–H groups in total. The quantitative estimate of drug-likeness (QED) is 0.815. The maximum atomic E-state index is 12.7. The van der Waals surface area contributed by atoms with Crippen molar-refractivity contribution < 1.29 is 4.79 Å². The number of piperidine rings is 1. The molecule has 2 aromatic heterocycles. The molecule has 0 saturated carbocycles. The standard InChI is InChI=1S/C21H28N6O/c1-17-7-12-27(13-8-17)21(28)18-5-6-19(22-16-18)25-10-3-11-26(15-14-25)20-4-2-9-23-24-20/h2,4-6,9,16-17H,3,7-8,10-15H2,1H3. The Labute approximate surface area is 166 Å². The first-order chi connectivity index (χ1) is 13.7. The molecule has 4 rings (SSSR count). The number of hydrogen-bond donors (Lipinski definition) is 0. The van der Waals surface area contributed by atoms with Gasteiger partial charge in [0.1, 0.15) is 5.82 Å². The van der Waals surface area contributed by atoms with Crippen LogP contribution in [0.4, 0.5) is 11.6 Å². The van der Waals surface area contributed by atoms with E-state index in [9.17, 15) is 4.79 Å². The first-order valence-corrected chi connectivity index (χ1v) is 10.2. The van der Waals surface area contributed by atoms with Crippen molar-refractivity contribution in [3.8, 4) is 0 Å². The number of carbonyl (C=O) groups is 1. The van der Waals surface area contributed by atoms with E-state index in [-0.39, 0.29) is 5.91 Å². The van der Waals surface area contributed by atoms with Crippen LogP contribution in [0.3, 0.4) is 0 Å². The molecule has 1 amide bonds. The highest BCUT2D eigenvalue weighted by Gasteiger charge is 2.22. The fourth-order valence-corrected chi connectivity index (χ4v) is 3.93. The van der Waals surface area contributed by atoms with Crippen molar-refractivity contribution in [2.75, 3.05) is 49.1 Å². The van der Waals surface area contributed by atoms with Crippen molar-refractivity contribution in [1.82, 2.24) is 20.1 Å². The Morgan fingerprint density at radius 1 is 0.964 bits per heavy atom. The summed E-state index contributed by atoms with van der Waals surface area (Å²) in [6.07, 6.45) is 6.65. The van der Waals surface area contributed by atoms with Crippen LogP contribution in [0.2, 0.25) is 0 Å². The molecule has 0 aromatic carbocycles. The van der Waals surface area contributed by atoms with Gasteiger partial charge in [0.15, 0.2) is 5.82 Å². The van der Waals surface area contributed by atoms with E-state index in [1.54, 1.807) is 12.4 Å². The second-order valence-corrected chi connectivity index (χ2v) is 7.79. The average molecular weight is 380 g/mol. The lowest BCUT2D eigenvalue weighted by Gasteiger charge is -2.30. The number of likely N-dealkylation sites (tertiary alicyclic amines) is 1. The molecule has 2 aliphatic heterocycles. The van der Waals surface area contributed by atoms with E-state index in [0.29, 0.717) is 11.5 Å². The number of anilines is 2. The number of pyridine rings is 1. The van der Waals surface area contributed by atoms with Gasteiger partial charge in [0.25, 0.3) is 5.91 Å². The van der Waals surface area contributed by atoms with Crippen LogP contribution in [-0.2, 0) is 0 Å². The molecule has 0 aliphatic carbocycles. The van der Waals surface area contributed by atoms with E-state index in [4.69, 9.17) is 0 Å². The molecule has 0 spiro atoms. The third-order valence-corrected chi connectivity index (χ3v) is 5.77. The Hall–Kier alpha value is -2.70. The summed E-state index contributed by atoms with van der Waals surface area (Å²) < 4.78 is 0. The van der Waals surface area contributed by atoms with Gasteiger partial charge in [-0.1, -0.05) is 6.92 Å². The molecule has 0 unspecified atom stereocenters. The highest BCUT2D eigenvalue weighted by atomic mass is 16.2. The van der Waals surface area contributed by atoms with Gasteiger partial charge >= 0.3 is 0 Å². The first-order valence-electron chi connectivity index (χ1n) is 10.2. The number of hydrogen-bond acceptors (Lipinski definition) is 6. The molecule has 4 heterocycles. The fourth-order valence-electron chi connectivity index (χ4n) is 3.93. The van der Waals surface area contributed by atoms with Gasteiger partial charge in [-0.15, -0.1) is 5.10 Å². The molecule has 7 heteroatoms. The molecule has 2 aliphatic rings. The summed E-state index contributed by atoms with van der Waals surface area (Å²) in [5.41, 5.74) is 0.689. The zero-order chi connectivity index (χ0) is 19.3. The molecule has 148 valence electrons. The molecule has 2 saturated heterocycles. The summed E-state index contributed by atoms with van der Waals surface area (Å²) in [6.45, 7) is 7.62. The molecule has 28 heavy (non-hydrogen) atoms. The van der Waals surface area contributed by atoms with Crippen LogP contribution in [0.15, 0.2) is 36.7 Å². The summed E-state index contributed by atoms with van der Waals surface area (Å²) in [5, 5.41) is 8.20. The van der Waals surface area contributed by atoms with Gasteiger partial charge in [-0.05, 0) is 49.4 Å². The summed E-state index contributed by atoms with van der Waals surface area (Å²) in [7, 11) is 0. The van der Waals surface area contributed by atoms with Crippen molar-refractivity contribution in [3.63, 3.8) is 0 Å². The number of nitrogens with zero attached hydrogens (tertiary/aromatic N) is 6. The van der Waals surface area contributed by atoms with Crippen LogP contribution in [0.25, 0.3) is 0 Å². The molecular weight excluding hydrogens is 352 g/mol. The minimum absolute atomic E-state index is 0.107. The van der Waals surface area contributed by atoms with E-state index in [1.807, 2.05) is 29.2 Å². The third kappa shape index (κ3) is 4.24. The summed E-state index contributed by atoms with van der Waals surface area (Å²) >= 11 is 0. The molecular formula is C21H28N6O. The minimum atomic E-state index is 0.107. The predicted octanol–water partition coefficient (Wildman–Crippen LogP) is 2.46. The highest BCUT2D eigenvalue weighted by molar-refractivity contribution is 5.94. The number of carbonyl (C=O) groups excluding carboxylic acids is 1. The molecule has 0 atom stereocenters. The summed E-state index contributed by atoms with van der Waals surface area (Å²) in [5.74, 6) is 2.68. The number of rotatable bonds is 3. The monoisotopic (exact) mass is 380 g/mol. The summed E-state index contributed by atoms with van der Waals surface area (Å²) in [4.78, 5) is 23.8. The SMILES string of the molecule is CC1CCN(C(=O)c2ccc(N3CCCN(c4cccnn4)CC3)nc2)CC1. The van der Waals surface area contributed by atoms with Crippen molar-refractivity contribution in [2.24, 2.45) is 5.92 Å². The Balaban J connectivity index is 1.38. The Morgan fingerprint density at radius 3 is 2.36 bits per heavy atom. The lowest BCUT2D eigenvalue weighted by molar-refractivity contribution is 0.0697. The number of aromatic nitrogens is 3. The Bertz CT molecular complexity index is 773. The Morgan fingerprint density at radius 2 is 1.71 bits per heavy atom. The van der Waals surface area contributed by atoms with Crippen LogP contribution in [-0.4, -0.2) is 65.3 Å². The molecule has 0 radical (unpaired) electrons. The molecule has 2 fully saturated rings. The predicted molar refractivity (Wildman–Crippen MR) is 110 cm³/mol. The third-order valence-electron chi connectivity index (χ3n) is 5.77. The van der Waals surface area contributed by atoms with Gasteiger partial charge in [-0.2, -0.15) is 5.10 Å². The van der Waals surface area contributed by atoms with Crippen LogP contribution in [0, 0.1) is 5.92 Å². The topological polar surface area (TPSA) is 65.5 Å². The van der Waals surface area contributed by atoms with Crippen molar-refractivity contribution >= 4 is 17.5 Å². The fraction of sp³-hybridized carbons (Fsp3) is 0.524. The second kappa shape index (κ2) is 8.54. The van der Waals surface area contributed by atoms with Gasteiger partial charge in [0.2, 0.25) is 0 Å². The normalized spacial score (nSPS) is 18.8. The average Bonchev–Trinajstić information content (AvgIpc) is 3.01. The second-order valence-electron chi connectivity index (χ2n) is 7.79. The smallest absolute Gasteiger partial charge is 0.255 e. The van der Waals surface area contributed by atoms with Crippen molar-refractivity contribution in [3.05, 3.63) is 42.2 Å². The molecule has 2 aromatic rings. The zero-order valence-electron chi connectivity index (χ0n) is 16.5. The van der Waals surface area contributed by atoms with Crippen LogP contribution < -0.4 is 9.80 Å². The van der Waals surface area contributed by atoms with Crippen LogP contribution in [0.1, 0.15) is 36.5 Å². The van der Waals surface area contributed by atoms with Gasteiger partial charge in [0, 0.05) is 51.7 Å². The van der Waals surface area contributed by atoms with E-state index < -0.39 is 0 Å². The van der Waals surface area contributed by atoms with Gasteiger partial charge in [-0.3, -0.25) is 4.79 Å². The summed E-state index contributed by atoms with van der Waals surface area (Å²) in [6, 6.07) is 7.83. The maximum Gasteiger partial charge on any atom is 0.255 e. The number of amides is 1. The van der Waals surface area contributed by atoms with Gasteiger partial charge < -0.3 is 14.7 Å². The lowest BCUT2D eigenvalue weighted by atomic mass is 9.99. The lowest BCUT2D eigenvalue weighted by Crippen LogP contribution is -2.38. The van der Waals surface area contributed by atoms with Gasteiger partial charge in [0.05, 0.1) is 5.56 Å². The Kier molecular flexibility index (Phi) is 5.69. The minimum Gasteiger partial charge on any atom is -0.355 e. The van der Waals surface area contributed by atoms with Crippen molar-refractivity contribution in [1.29, 1.82) is 0 Å². The highest BCUT2D eigenvalue weighted by Crippen LogP contribution is 2.20. The van der Waals surface area contributed by atoms with Gasteiger partial charge in [-0.25, -0.2) is 4.98 Å². The van der Waals surface area contributed by atoms with Crippen molar-refractivity contribution in [2.45, 2.75) is 26.2 Å². The zero-order valence-corrected chi connectivity index (χ0v) is 16.5.